The third-order valence-corrected chi connectivity index (χ3v) is 8.61. The Morgan fingerprint density at radius 2 is 1.88 bits per heavy atom. The first-order chi connectivity index (χ1) is 19.5. The van der Waals surface area contributed by atoms with Crippen LogP contribution in [0.25, 0.3) is 11.2 Å². The molecule has 2 saturated heterocycles. The second-order valence-corrected chi connectivity index (χ2v) is 11.2. The Labute approximate surface area is 235 Å². The standard InChI is InChI=1S/C31H38N6O3/c1-2-40-30(39)36-19-11-24(12-20-36)26-6-3-18-37-28(26)33-27(34-37)22-23-7-9-25(10-8-23)29(38)35-17-5-14-31(15-21-35)13-4-16-32-31/h3,6-11,18,32H,2,4-5,12-17,19-22H2,1H3. The number of benzene rings is 1. The number of rotatable bonds is 5. The van der Waals surface area contributed by atoms with Crippen molar-refractivity contribution >= 4 is 23.2 Å². The first-order valence-corrected chi connectivity index (χ1v) is 14.6. The predicted molar refractivity (Wildman–Crippen MR) is 153 cm³/mol. The zero-order chi connectivity index (χ0) is 27.5. The van der Waals surface area contributed by atoms with Crippen molar-refractivity contribution in [2.45, 2.75) is 57.4 Å². The van der Waals surface area contributed by atoms with Crippen molar-refractivity contribution in [3.8, 4) is 0 Å². The van der Waals surface area contributed by atoms with Crippen LogP contribution in [0.3, 0.4) is 0 Å². The summed E-state index contributed by atoms with van der Waals surface area (Å²) in [5.41, 5.74) is 5.08. The van der Waals surface area contributed by atoms with Gasteiger partial charge in [0.25, 0.3) is 5.91 Å². The van der Waals surface area contributed by atoms with Gasteiger partial charge in [-0.05, 0) is 87.4 Å². The summed E-state index contributed by atoms with van der Waals surface area (Å²) < 4.78 is 6.96. The molecule has 0 bridgehead atoms. The minimum Gasteiger partial charge on any atom is -0.450 e. The number of nitrogens with zero attached hydrogens (tertiary/aromatic N) is 5. The zero-order valence-electron chi connectivity index (χ0n) is 23.3. The number of carbonyl (C=O) groups excluding carboxylic acids is 2. The third kappa shape index (κ3) is 5.47. The summed E-state index contributed by atoms with van der Waals surface area (Å²) in [5, 5.41) is 8.43. The average molecular weight is 543 g/mol. The van der Waals surface area contributed by atoms with E-state index in [-0.39, 0.29) is 17.5 Å². The van der Waals surface area contributed by atoms with Gasteiger partial charge < -0.3 is 19.9 Å². The number of likely N-dealkylation sites (tertiary alicyclic amines) is 1. The molecule has 210 valence electrons. The highest BCUT2D eigenvalue weighted by Crippen LogP contribution is 2.31. The lowest BCUT2D eigenvalue weighted by Crippen LogP contribution is -2.41. The molecule has 0 radical (unpaired) electrons. The Morgan fingerprint density at radius 3 is 2.62 bits per heavy atom. The Hall–Kier alpha value is -3.72. The molecule has 0 saturated carbocycles. The summed E-state index contributed by atoms with van der Waals surface area (Å²) in [4.78, 5) is 33.9. The number of ether oxygens (including phenoxy) is 1. The van der Waals surface area contributed by atoms with E-state index in [1.165, 1.54) is 12.8 Å². The number of hydrogen-bond acceptors (Lipinski definition) is 6. The van der Waals surface area contributed by atoms with Crippen molar-refractivity contribution in [3.05, 3.63) is 71.2 Å². The van der Waals surface area contributed by atoms with Crippen LogP contribution >= 0.6 is 0 Å². The van der Waals surface area contributed by atoms with Crippen LogP contribution in [-0.2, 0) is 11.2 Å². The number of carbonyl (C=O) groups is 2. The molecule has 1 atom stereocenters. The fourth-order valence-corrected chi connectivity index (χ4v) is 6.39. The predicted octanol–water partition coefficient (Wildman–Crippen LogP) is 4.31. The van der Waals surface area contributed by atoms with Crippen molar-refractivity contribution in [2.75, 3.05) is 39.3 Å². The van der Waals surface area contributed by atoms with E-state index >= 15 is 0 Å². The third-order valence-electron chi connectivity index (χ3n) is 8.61. The van der Waals surface area contributed by atoms with E-state index in [2.05, 4.69) is 17.5 Å². The van der Waals surface area contributed by atoms with Gasteiger partial charge in [0.2, 0.25) is 0 Å². The van der Waals surface area contributed by atoms with Crippen molar-refractivity contribution in [2.24, 2.45) is 0 Å². The van der Waals surface area contributed by atoms with Gasteiger partial charge in [0.1, 0.15) is 0 Å². The second kappa shape index (κ2) is 11.4. The normalized spacial score (nSPS) is 21.5. The van der Waals surface area contributed by atoms with E-state index in [1.54, 1.807) is 4.90 Å². The SMILES string of the molecule is CCOC(=O)N1CC=C(c2cccn3nc(Cc4ccc(C(=O)N5CCCC6(CCCN6)CC5)cc4)nc23)CC1. The fraction of sp³-hybridized carbons (Fsp3) is 0.484. The molecule has 3 aromatic rings. The number of hydrogen-bond donors (Lipinski definition) is 1. The van der Waals surface area contributed by atoms with Crippen LogP contribution in [0.4, 0.5) is 4.79 Å². The van der Waals surface area contributed by atoms with Crippen LogP contribution in [0.15, 0.2) is 48.7 Å². The molecule has 9 nitrogen and oxygen atoms in total. The van der Waals surface area contributed by atoms with Gasteiger partial charge in [-0.2, -0.15) is 5.10 Å². The number of aromatic nitrogens is 3. The van der Waals surface area contributed by atoms with Gasteiger partial charge in [-0.1, -0.05) is 18.2 Å². The maximum atomic E-state index is 13.3. The second-order valence-electron chi connectivity index (χ2n) is 11.2. The molecule has 2 aromatic heterocycles. The quantitative estimate of drug-likeness (QED) is 0.517. The van der Waals surface area contributed by atoms with Gasteiger partial charge in [0.05, 0.1) is 6.61 Å². The maximum absolute atomic E-state index is 13.3. The smallest absolute Gasteiger partial charge is 0.410 e. The molecule has 3 aliphatic rings. The van der Waals surface area contributed by atoms with E-state index in [0.717, 1.165) is 79.1 Å². The summed E-state index contributed by atoms with van der Waals surface area (Å²) in [7, 11) is 0. The van der Waals surface area contributed by atoms with Crippen LogP contribution in [-0.4, -0.2) is 81.3 Å². The molecule has 2 amide bonds. The molecule has 1 spiro atoms. The highest BCUT2D eigenvalue weighted by Gasteiger charge is 2.35. The molecule has 40 heavy (non-hydrogen) atoms. The lowest BCUT2D eigenvalue weighted by molar-refractivity contribution is 0.0758. The first kappa shape index (κ1) is 26.5. The summed E-state index contributed by atoms with van der Waals surface area (Å²) in [5.74, 6) is 0.859. The van der Waals surface area contributed by atoms with Crippen LogP contribution < -0.4 is 5.32 Å². The Balaban J connectivity index is 1.12. The van der Waals surface area contributed by atoms with Crippen LogP contribution in [0.5, 0.6) is 0 Å². The van der Waals surface area contributed by atoms with Gasteiger partial charge in [0, 0.05) is 55.5 Å². The minimum absolute atomic E-state index is 0.124. The van der Waals surface area contributed by atoms with E-state index in [4.69, 9.17) is 14.8 Å². The fourth-order valence-electron chi connectivity index (χ4n) is 6.39. The molecule has 6 rings (SSSR count). The van der Waals surface area contributed by atoms with E-state index in [9.17, 15) is 9.59 Å². The lowest BCUT2D eigenvalue weighted by Gasteiger charge is -2.28. The van der Waals surface area contributed by atoms with Crippen molar-refractivity contribution in [1.82, 2.24) is 29.7 Å². The van der Waals surface area contributed by atoms with Crippen molar-refractivity contribution in [1.29, 1.82) is 0 Å². The molecule has 1 unspecified atom stereocenters. The number of amides is 2. The molecule has 9 heteroatoms. The Morgan fingerprint density at radius 1 is 1.02 bits per heavy atom. The monoisotopic (exact) mass is 542 g/mol. The summed E-state index contributed by atoms with van der Waals surface area (Å²) >= 11 is 0. The van der Waals surface area contributed by atoms with E-state index in [1.807, 2.05) is 52.9 Å². The highest BCUT2D eigenvalue weighted by atomic mass is 16.6. The summed E-state index contributed by atoms with van der Waals surface area (Å²) in [6.45, 7) is 6.09. The van der Waals surface area contributed by atoms with E-state index in [0.29, 0.717) is 26.1 Å². The molecule has 1 N–H and O–H groups in total. The molecule has 1 aromatic carbocycles. The highest BCUT2D eigenvalue weighted by molar-refractivity contribution is 5.94. The van der Waals surface area contributed by atoms with Gasteiger partial charge in [-0.15, -0.1) is 0 Å². The van der Waals surface area contributed by atoms with Crippen LogP contribution in [0.1, 0.15) is 72.8 Å². The molecule has 0 aliphatic carbocycles. The van der Waals surface area contributed by atoms with Gasteiger partial charge in [-0.3, -0.25) is 4.79 Å². The number of fused-ring (bicyclic) bond motifs is 1. The Kier molecular flexibility index (Phi) is 7.56. The number of nitrogens with one attached hydrogen (secondary N) is 1. The molecule has 3 aliphatic heterocycles. The van der Waals surface area contributed by atoms with Gasteiger partial charge >= 0.3 is 6.09 Å². The molecule has 2 fully saturated rings. The number of pyridine rings is 1. The lowest BCUT2D eigenvalue weighted by atomic mass is 9.89. The minimum atomic E-state index is -0.269. The van der Waals surface area contributed by atoms with Gasteiger partial charge in [-0.25, -0.2) is 14.3 Å². The average Bonchev–Trinajstić information content (AvgIpc) is 3.56. The largest absolute Gasteiger partial charge is 0.450 e. The van der Waals surface area contributed by atoms with Crippen LogP contribution in [0, 0.1) is 0 Å². The summed E-state index contributed by atoms with van der Waals surface area (Å²) in [6, 6.07) is 12.0. The zero-order valence-corrected chi connectivity index (χ0v) is 23.3. The van der Waals surface area contributed by atoms with E-state index < -0.39 is 0 Å². The van der Waals surface area contributed by atoms with Gasteiger partial charge in [0.15, 0.2) is 11.5 Å². The summed E-state index contributed by atoms with van der Waals surface area (Å²) in [6.07, 6.45) is 10.8. The molecule has 5 heterocycles. The van der Waals surface area contributed by atoms with Crippen LogP contribution in [0.2, 0.25) is 0 Å². The molecular formula is C31H38N6O3. The topological polar surface area (TPSA) is 92.1 Å². The van der Waals surface area contributed by atoms with Crippen molar-refractivity contribution < 1.29 is 14.3 Å². The maximum Gasteiger partial charge on any atom is 0.410 e. The Bertz CT molecular complexity index is 1410. The molecular weight excluding hydrogens is 504 g/mol. The van der Waals surface area contributed by atoms with Crippen molar-refractivity contribution in [3.63, 3.8) is 0 Å². The first-order valence-electron chi connectivity index (χ1n) is 14.6.